The normalized spacial score (nSPS) is 2.40. The van der Waals surface area contributed by atoms with Gasteiger partial charge in [0.05, 0.1) is 0 Å². The molecule has 5 heteroatoms. The van der Waals surface area contributed by atoms with E-state index in [0.29, 0.717) is 0 Å². The zero-order valence-corrected chi connectivity index (χ0v) is 3.92. The Morgan fingerprint density at radius 2 is 0.800 bits per heavy atom. The van der Waals surface area contributed by atoms with Crippen LogP contribution in [0, 0.1) is 0 Å². The Balaban J connectivity index is -0.0000000133. The third-order valence-electron chi connectivity index (χ3n) is 0. The van der Waals surface area contributed by atoms with Crippen molar-refractivity contribution in [2.45, 2.75) is 0 Å². The van der Waals surface area contributed by atoms with Crippen molar-refractivity contribution >= 4 is 23.6 Å². The maximum Gasteiger partial charge on any atom is -0.0285 e. The van der Waals surface area contributed by atoms with Crippen molar-refractivity contribution in [3.8, 4) is 0 Å². The van der Waals surface area contributed by atoms with Gasteiger partial charge in [0.1, 0.15) is 0 Å². The summed E-state index contributed by atoms with van der Waals surface area (Å²) >= 11 is 8.28. The number of hydrogen-bond acceptors (Lipinski definition) is 2. The fraction of sp³-hybridized carbons (Fsp3) is 0. The molecule has 0 aliphatic heterocycles. The van der Waals surface area contributed by atoms with Gasteiger partial charge in [-0.1, -0.05) is 0 Å². The van der Waals surface area contributed by atoms with E-state index in [1.54, 1.807) is 0 Å². The Bertz CT molecular complexity index is 7.61. The SMILES string of the molecule is NCl.NCl.O. The summed E-state index contributed by atoms with van der Waals surface area (Å²) in [6, 6.07) is 0. The summed E-state index contributed by atoms with van der Waals surface area (Å²) in [4.78, 5) is 0. The molecular weight excluding hydrogens is 115 g/mol. The standard InChI is InChI=1S/2ClH2N.H2O/c2*1-2;/h2*2H2;1H2. The van der Waals surface area contributed by atoms with E-state index in [-0.39, 0.29) is 5.48 Å². The fourth-order valence-corrected chi connectivity index (χ4v) is 0. The maximum atomic E-state index is 4.14. The molecule has 0 heterocycles. The summed E-state index contributed by atoms with van der Waals surface area (Å²) in [5.41, 5.74) is 0. The molecule has 0 saturated heterocycles. The summed E-state index contributed by atoms with van der Waals surface area (Å²) in [5, 5.41) is 7.94. The number of nitrogens with two attached hydrogens (primary N) is 2. The first-order valence-electron chi connectivity index (χ1n) is 0.436. The molecule has 5 heavy (non-hydrogen) atoms. The first kappa shape index (κ1) is 17.9. The van der Waals surface area contributed by atoms with Gasteiger partial charge in [-0.3, -0.25) is 0 Å². The molecule has 36 valence electrons. The molecule has 0 aromatic rings. The summed E-state index contributed by atoms with van der Waals surface area (Å²) in [6.45, 7) is 0. The van der Waals surface area contributed by atoms with Gasteiger partial charge in [0.25, 0.3) is 0 Å². The van der Waals surface area contributed by atoms with Crippen molar-refractivity contribution in [3.63, 3.8) is 0 Å². The lowest BCUT2D eigenvalue weighted by molar-refractivity contribution is 0.824. The first-order chi connectivity index (χ1) is 2.00. The average Bonchev–Trinajstić information content (AvgIpc) is 1.50. The third-order valence-corrected chi connectivity index (χ3v) is 0. The van der Waals surface area contributed by atoms with Crippen LogP contribution in [0.3, 0.4) is 0 Å². The molecule has 0 atom stereocenters. The van der Waals surface area contributed by atoms with Crippen LogP contribution < -0.4 is 10.5 Å². The first-order valence-corrected chi connectivity index (χ1v) is 1.31. The van der Waals surface area contributed by atoms with Gasteiger partial charge in [-0.05, 0) is 23.6 Å². The van der Waals surface area contributed by atoms with Gasteiger partial charge in [-0.25, -0.2) is 10.5 Å². The lowest BCUT2D eigenvalue weighted by Gasteiger charge is -1.14. The molecule has 0 fully saturated rings. The summed E-state index contributed by atoms with van der Waals surface area (Å²) < 4.78 is 0. The van der Waals surface area contributed by atoms with E-state index >= 15 is 0 Å². The van der Waals surface area contributed by atoms with Crippen LogP contribution in [0.25, 0.3) is 0 Å². The zero-order chi connectivity index (χ0) is 4.00. The van der Waals surface area contributed by atoms with E-state index in [1.807, 2.05) is 0 Å². The van der Waals surface area contributed by atoms with Crippen LogP contribution in [0.2, 0.25) is 0 Å². The monoisotopic (exact) mass is 120 g/mol. The predicted molar refractivity (Wildman–Crippen MR) is 23.7 cm³/mol. The highest BCUT2D eigenvalue weighted by molar-refractivity contribution is 6.11. The minimum absolute atomic E-state index is 0. The second-order valence-corrected chi connectivity index (χ2v) is 0. The lowest BCUT2D eigenvalue weighted by Crippen LogP contribution is -1.48. The Morgan fingerprint density at radius 3 is 0.800 bits per heavy atom. The van der Waals surface area contributed by atoms with Crippen molar-refractivity contribution in [1.82, 2.24) is 0 Å². The van der Waals surface area contributed by atoms with Gasteiger partial charge in [0.15, 0.2) is 0 Å². The minimum atomic E-state index is 0. The molecular formula is H6Cl2N2O. The fourth-order valence-electron chi connectivity index (χ4n) is 0. The molecule has 0 aromatic carbocycles. The highest BCUT2D eigenvalue weighted by Crippen LogP contribution is 1.15. The van der Waals surface area contributed by atoms with E-state index in [2.05, 4.69) is 34.1 Å². The molecule has 0 aliphatic carbocycles. The van der Waals surface area contributed by atoms with Crippen LogP contribution in [0.4, 0.5) is 0 Å². The Morgan fingerprint density at radius 1 is 0.800 bits per heavy atom. The molecule has 0 aromatic heterocycles. The molecule has 0 spiro atoms. The van der Waals surface area contributed by atoms with E-state index in [0.717, 1.165) is 0 Å². The Kier molecular flexibility index (Phi) is 906. The number of rotatable bonds is 0. The predicted octanol–water partition coefficient (Wildman–Crippen LogP) is -0.627. The van der Waals surface area contributed by atoms with Crippen LogP contribution >= 0.6 is 23.6 Å². The summed E-state index contributed by atoms with van der Waals surface area (Å²) in [6.07, 6.45) is 0. The second-order valence-electron chi connectivity index (χ2n) is 0. The van der Waals surface area contributed by atoms with E-state index in [1.165, 1.54) is 0 Å². The molecule has 0 aliphatic rings. The van der Waals surface area contributed by atoms with Gasteiger partial charge in [-0.15, -0.1) is 0 Å². The summed E-state index contributed by atoms with van der Waals surface area (Å²) in [7, 11) is 0. The lowest BCUT2D eigenvalue weighted by atomic mass is 14.0. The topological polar surface area (TPSA) is 83.5 Å². The Hall–Kier alpha value is 0.460. The number of hydrogen-bond donors (Lipinski definition) is 2. The molecule has 3 nitrogen and oxygen atoms in total. The molecule has 0 unspecified atom stereocenters. The molecule has 0 saturated carbocycles. The van der Waals surface area contributed by atoms with Gasteiger partial charge in [-0.2, -0.15) is 0 Å². The van der Waals surface area contributed by atoms with Crippen LogP contribution in [0.5, 0.6) is 0 Å². The van der Waals surface area contributed by atoms with Crippen molar-refractivity contribution in [2.24, 2.45) is 10.5 Å². The second kappa shape index (κ2) is 252. The van der Waals surface area contributed by atoms with Crippen LogP contribution in [0.1, 0.15) is 0 Å². The van der Waals surface area contributed by atoms with Crippen molar-refractivity contribution in [2.75, 3.05) is 0 Å². The summed E-state index contributed by atoms with van der Waals surface area (Å²) in [5.74, 6) is 0. The maximum absolute atomic E-state index is 4.14. The number of halogens is 2. The largest absolute Gasteiger partial charge is 0.412 e. The van der Waals surface area contributed by atoms with Gasteiger partial charge >= 0.3 is 0 Å². The third kappa shape index (κ3) is 128. The van der Waals surface area contributed by atoms with E-state index in [9.17, 15) is 0 Å². The molecule has 0 radical (unpaired) electrons. The van der Waals surface area contributed by atoms with Crippen LogP contribution in [0.15, 0.2) is 0 Å². The molecule has 0 bridgehead atoms. The van der Waals surface area contributed by atoms with Crippen LogP contribution in [-0.4, -0.2) is 5.48 Å². The van der Waals surface area contributed by atoms with Crippen molar-refractivity contribution in [1.29, 1.82) is 0 Å². The highest BCUT2D eigenvalue weighted by atomic mass is 35.5. The van der Waals surface area contributed by atoms with E-state index in [4.69, 9.17) is 0 Å². The highest BCUT2D eigenvalue weighted by Gasteiger charge is 0.870. The molecule has 6 N–H and O–H groups in total. The van der Waals surface area contributed by atoms with Crippen molar-refractivity contribution < 1.29 is 5.48 Å². The zero-order valence-electron chi connectivity index (χ0n) is 2.41. The van der Waals surface area contributed by atoms with Gasteiger partial charge < -0.3 is 5.48 Å². The Labute approximate surface area is 40.4 Å². The smallest absolute Gasteiger partial charge is 0.0285 e. The minimum Gasteiger partial charge on any atom is -0.412 e. The average molecular weight is 121 g/mol. The van der Waals surface area contributed by atoms with Gasteiger partial charge in [0, 0.05) is 0 Å². The van der Waals surface area contributed by atoms with Gasteiger partial charge in [0.2, 0.25) is 0 Å². The molecule has 0 amide bonds. The quantitative estimate of drug-likeness (QED) is 0.418. The van der Waals surface area contributed by atoms with Crippen molar-refractivity contribution in [3.05, 3.63) is 0 Å². The van der Waals surface area contributed by atoms with Crippen LogP contribution in [-0.2, 0) is 0 Å². The molecule has 0 rings (SSSR count). The van der Waals surface area contributed by atoms with E-state index < -0.39 is 0 Å².